The number of carboxylic acids is 1. The molecule has 1 aromatic rings. The zero-order valence-corrected chi connectivity index (χ0v) is 14.0. The highest BCUT2D eigenvalue weighted by atomic mass is 16.4. The van der Waals surface area contributed by atoms with Crippen LogP contribution < -0.4 is 11.5 Å². The summed E-state index contributed by atoms with van der Waals surface area (Å²) in [6.07, 6.45) is 4.82. The third-order valence-electron chi connectivity index (χ3n) is 6.00. The molecular formula is C19H28N2O3. The first kappa shape index (κ1) is 17.4. The standard InChI is InChI=1S/C19H28N2O3/c20-14-10-12-8-4-5-9-13(12)16(14)15(11-6-2-1-3-7-11)17(21)18(22)19(23)24/h4-5,8-9,11,14-18,22H,1-3,6-7,10,20-21H2,(H,23,24). The molecule has 0 saturated heterocycles. The first-order valence-electron chi connectivity index (χ1n) is 9.00. The van der Waals surface area contributed by atoms with Crippen LogP contribution in [-0.4, -0.2) is 34.4 Å². The lowest BCUT2D eigenvalue weighted by molar-refractivity contribution is -0.149. The molecule has 0 amide bonds. The van der Waals surface area contributed by atoms with Gasteiger partial charge in [0.05, 0.1) is 0 Å². The lowest BCUT2D eigenvalue weighted by atomic mass is 9.67. The second-order valence-electron chi connectivity index (χ2n) is 7.43. The highest BCUT2D eigenvalue weighted by molar-refractivity contribution is 5.73. The van der Waals surface area contributed by atoms with Crippen molar-refractivity contribution >= 4 is 5.97 Å². The molecule has 24 heavy (non-hydrogen) atoms. The molecule has 5 unspecified atom stereocenters. The summed E-state index contributed by atoms with van der Waals surface area (Å²) in [4.78, 5) is 11.3. The molecule has 0 heterocycles. The van der Waals surface area contributed by atoms with Crippen LogP contribution in [0, 0.1) is 11.8 Å². The highest BCUT2D eigenvalue weighted by Gasteiger charge is 2.45. The lowest BCUT2D eigenvalue weighted by Crippen LogP contribution is -2.52. The summed E-state index contributed by atoms with van der Waals surface area (Å²) in [6, 6.07) is 7.32. The Labute approximate surface area is 143 Å². The predicted molar refractivity (Wildman–Crippen MR) is 92.5 cm³/mol. The summed E-state index contributed by atoms with van der Waals surface area (Å²) in [5, 5.41) is 19.4. The Balaban J connectivity index is 1.96. The van der Waals surface area contributed by atoms with Gasteiger partial charge in [0.2, 0.25) is 0 Å². The molecule has 0 aliphatic heterocycles. The second kappa shape index (κ2) is 7.21. The normalized spacial score (nSPS) is 28.1. The minimum absolute atomic E-state index is 0.0216. The molecule has 1 saturated carbocycles. The number of hydrogen-bond donors (Lipinski definition) is 4. The average molecular weight is 332 g/mol. The molecule has 5 heteroatoms. The van der Waals surface area contributed by atoms with Crippen molar-refractivity contribution in [2.24, 2.45) is 23.3 Å². The van der Waals surface area contributed by atoms with Crippen LogP contribution in [0.2, 0.25) is 0 Å². The molecule has 1 aromatic carbocycles. The minimum Gasteiger partial charge on any atom is -0.479 e. The summed E-state index contributed by atoms with van der Waals surface area (Å²) >= 11 is 0. The fourth-order valence-corrected chi connectivity index (χ4v) is 4.89. The van der Waals surface area contributed by atoms with Gasteiger partial charge in [-0.3, -0.25) is 0 Å². The Morgan fingerprint density at radius 1 is 1.17 bits per heavy atom. The molecule has 2 aliphatic carbocycles. The summed E-state index contributed by atoms with van der Waals surface area (Å²) in [5.74, 6) is -1.00. The van der Waals surface area contributed by atoms with Gasteiger partial charge in [-0.05, 0) is 29.4 Å². The fourth-order valence-electron chi connectivity index (χ4n) is 4.89. The average Bonchev–Trinajstić information content (AvgIpc) is 2.91. The van der Waals surface area contributed by atoms with Gasteiger partial charge in [0.1, 0.15) is 0 Å². The second-order valence-corrected chi connectivity index (χ2v) is 7.43. The maximum absolute atomic E-state index is 11.3. The van der Waals surface area contributed by atoms with Crippen LogP contribution in [0.1, 0.15) is 49.1 Å². The van der Waals surface area contributed by atoms with Gasteiger partial charge in [-0.25, -0.2) is 4.79 Å². The summed E-state index contributed by atoms with van der Waals surface area (Å²) < 4.78 is 0. The Bertz CT molecular complexity index is 586. The van der Waals surface area contributed by atoms with Crippen LogP contribution in [0.3, 0.4) is 0 Å². The van der Waals surface area contributed by atoms with Gasteiger partial charge in [0.15, 0.2) is 6.10 Å². The monoisotopic (exact) mass is 332 g/mol. The number of hydrogen-bond acceptors (Lipinski definition) is 4. The van der Waals surface area contributed by atoms with Crippen LogP contribution in [-0.2, 0) is 11.2 Å². The van der Waals surface area contributed by atoms with Crippen molar-refractivity contribution in [3.63, 3.8) is 0 Å². The number of fused-ring (bicyclic) bond motifs is 1. The van der Waals surface area contributed by atoms with Gasteiger partial charge >= 0.3 is 5.97 Å². The number of rotatable bonds is 5. The number of nitrogens with two attached hydrogens (primary N) is 2. The first-order valence-corrected chi connectivity index (χ1v) is 9.00. The number of carbonyl (C=O) groups is 1. The zero-order valence-electron chi connectivity index (χ0n) is 14.0. The van der Waals surface area contributed by atoms with E-state index in [9.17, 15) is 15.0 Å². The topological polar surface area (TPSA) is 110 Å². The lowest BCUT2D eigenvalue weighted by Gasteiger charge is -2.40. The quantitative estimate of drug-likeness (QED) is 0.655. The molecule has 0 bridgehead atoms. The van der Waals surface area contributed by atoms with E-state index in [1.165, 1.54) is 17.5 Å². The van der Waals surface area contributed by atoms with E-state index in [4.69, 9.17) is 11.5 Å². The molecule has 3 rings (SSSR count). The van der Waals surface area contributed by atoms with Crippen molar-refractivity contribution in [2.45, 2.75) is 62.6 Å². The van der Waals surface area contributed by atoms with Gasteiger partial charge in [0, 0.05) is 18.0 Å². The van der Waals surface area contributed by atoms with Crippen LogP contribution in [0.5, 0.6) is 0 Å². The van der Waals surface area contributed by atoms with Gasteiger partial charge in [-0.2, -0.15) is 0 Å². The molecule has 0 aromatic heterocycles. The highest BCUT2D eigenvalue weighted by Crippen LogP contribution is 2.46. The van der Waals surface area contributed by atoms with E-state index >= 15 is 0 Å². The number of aliphatic hydroxyl groups excluding tert-OH is 1. The maximum Gasteiger partial charge on any atom is 0.334 e. The van der Waals surface area contributed by atoms with Crippen molar-refractivity contribution in [1.29, 1.82) is 0 Å². The molecule has 5 atom stereocenters. The predicted octanol–water partition coefficient (Wildman–Crippen LogP) is 1.62. The van der Waals surface area contributed by atoms with E-state index in [-0.39, 0.29) is 17.9 Å². The molecule has 5 nitrogen and oxygen atoms in total. The largest absolute Gasteiger partial charge is 0.479 e. The summed E-state index contributed by atoms with van der Waals surface area (Å²) in [5.41, 5.74) is 15.2. The fraction of sp³-hybridized carbons (Fsp3) is 0.632. The van der Waals surface area contributed by atoms with E-state index < -0.39 is 18.1 Å². The Morgan fingerprint density at radius 2 is 1.83 bits per heavy atom. The minimum atomic E-state index is -1.54. The van der Waals surface area contributed by atoms with E-state index in [2.05, 4.69) is 12.1 Å². The third kappa shape index (κ3) is 3.21. The van der Waals surface area contributed by atoms with Crippen LogP contribution >= 0.6 is 0 Å². The molecule has 6 N–H and O–H groups in total. The summed E-state index contributed by atoms with van der Waals surface area (Å²) in [7, 11) is 0. The molecule has 132 valence electrons. The molecule has 0 radical (unpaired) electrons. The van der Waals surface area contributed by atoms with Gasteiger partial charge < -0.3 is 21.7 Å². The molecule has 0 spiro atoms. The van der Waals surface area contributed by atoms with E-state index in [1.807, 2.05) is 12.1 Å². The van der Waals surface area contributed by atoms with Gasteiger partial charge in [-0.15, -0.1) is 0 Å². The SMILES string of the molecule is NC1Cc2ccccc2C1C(C1CCCCC1)C(N)C(O)C(=O)O. The van der Waals surface area contributed by atoms with E-state index in [0.29, 0.717) is 5.92 Å². The van der Waals surface area contributed by atoms with Gasteiger partial charge in [0.25, 0.3) is 0 Å². The molecule has 1 fully saturated rings. The smallest absolute Gasteiger partial charge is 0.334 e. The van der Waals surface area contributed by atoms with Crippen LogP contribution in [0.25, 0.3) is 0 Å². The van der Waals surface area contributed by atoms with Crippen LogP contribution in [0.4, 0.5) is 0 Å². The number of carboxylic acid groups (broad SMARTS) is 1. The van der Waals surface area contributed by atoms with Crippen molar-refractivity contribution < 1.29 is 15.0 Å². The summed E-state index contributed by atoms with van der Waals surface area (Å²) in [6.45, 7) is 0. The molecule has 2 aliphatic rings. The zero-order chi connectivity index (χ0) is 17.3. The molecular weight excluding hydrogens is 304 g/mol. The Hall–Kier alpha value is -1.43. The van der Waals surface area contributed by atoms with Crippen molar-refractivity contribution in [3.8, 4) is 0 Å². The number of aliphatic hydroxyl groups is 1. The Morgan fingerprint density at radius 3 is 2.50 bits per heavy atom. The third-order valence-corrected chi connectivity index (χ3v) is 6.00. The van der Waals surface area contributed by atoms with E-state index in [0.717, 1.165) is 32.1 Å². The van der Waals surface area contributed by atoms with Crippen molar-refractivity contribution in [3.05, 3.63) is 35.4 Å². The maximum atomic E-state index is 11.3. The number of aliphatic carboxylic acids is 1. The van der Waals surface area contributed by atoms with Crippen LogP contribution in [0.15, 0.2) is 24.3 Å². The number of benzene rings is 1. The van der Waals surface area contributed by atoms with Crippen molar-refractivity contribution in [2.75, 3.05) is 0 Å². The van der Waals surface area contributed by atoms with E-state index in [1.54, 1.807) is 0 Å². The van der Waals surface area contributed by atoms with Crippen molar-refractivity contribution in [1.82, 2.24) is 0 Å². The Kier molecular flexibility index (Phi) is 5.23. The van der Waals surface area contributed by atoms with Gasteiger partial charge in [-0.1, -0.05) is 56.4 Å². The first-order chi connectivity index (χ1) is 11.5.